The maximum atomic E-state index is 12.4. The Balaban J connectivity index is 0.00000361. The molecule has 0 heterocycles. The van der Waals surface area contributed by atoms with Crippen molar-refractivity contribution in [3.8, 4) is 0 Å². The van der Waals surface area contributed by atoms with Gasteiger partial charge in [-0.15, -0.1) is 12.4 Å². The molecule has 0 aromatic carbocycles. The fourth-order valence-electron chi connectivity index (χ4n) is 3.40. The minimum Gasteiger partial charge on any atom is -0.355 e. The first kappa shape index (κ1) is 19.7. The van der Waals surface area contributed by atoms with Crippen LogP contribution in [0.3, 0.4) is 0 Å². The lowest BCUT2D eigenvalue weighted by Gasteiger charge is -2.44. The summed E-state index contributed by atoms with van der Waals surface area (Å²) in [6, 6.07) is 0. The van der Waals surface area contributed by atoms with Crippen LogP contribution < -0.4 is 11.1 Å². The molecule has 20 heavy (non-hydrogen) atoms. The zero-order chi connectivity index (χ0) is 14.5. The first-order valence-corrected chi connectivity index (χ1v) is 7.92. The van der Waals surface area contributed by atoms with E-state index in [0.717, 1.165) is 19.4 Å². The molecule has 0 atom stereocenters. The predicted molar refractivity (Wildman–Crippen MR) is 88.1 cm³/mol. The third kappa shape index (κ3) is 4.36. The van der Waals surface area contributed by atoms with Crippen LogP contribution in [0.5, 0.6) is 0 Å². The second kappa shape index (κ2) is 8.23. The predicted octanol–water partition coefficient (Wildman–Crippen LogP) is 3.51. The van der Waals surface area contributed by atoms with Gasteiger partial charge in [0.25, 0.3) is 0 Å². The molecule has 1 aliphatic rings. The van der Waals surface area contributed by atoms with E-state index < -0.39 is 0 Å². The molecule has 4 heteroatoms. The Morgan fingerprint density at radius 2 is 1.85 bits per heavy atom. The maximum Gasteiger partial charge on any atom is 0.227 e. The summed E-state index contributed by atoms with van der Waals surface area (Å²) in [5.41, 5.74) is 5.84. The fraction of sp³-hybridized carbons (Fsp3) is 0.938. The largest absolute Gasteiger partial charge is 0.355 e. The van der Waals surface area contributed by atoms with E-state index in [4.69, 9.17) is 5.73 Å². The average molecular weight is 305 g/mol. The number of halogens is 1. The molecule has 1 aliphatic carbocycles. The monoisotopic (exact) mass is 304 g/mol. The van der Waals surface area contributed by atoms with Crippen LogP contribution in [-0.2, 0) is 4.79 Å². The van der Waals surface area contributed by atoms with Gasteiger partial charge in [0.1, 0.15) is 0 Å². The van der Waals surface area contributed by atoms with Crippen molar-refractivity contribution >= 4 is 18.3 Å². The van der Waals surface area contributed by atoms with Crippen LogP contribution in [0.25, 0.3) is 0 Å². The standard InChI is InChI=1S/C16H32N2O.ClH/c1-5-16(6-2,11-17)14(19)18-12-15(8-7-9-15)10-13(3)4;/h13H,5-12,17H2,1-4H3,(H,18,19);1H. The second-order valence-corrected chi connectivity index (χ2v) is 6.83. The highest BCUT2D eigenvalue weighted by Gasteiger charge is 2.39. The van der Waals surface area contributed by atoms with Crippen molar-refractivity contribution in [3.63, 3.8) is 0 Å². The topological polar surface area (TPSA) is 55.1 Å². The van der Waals surface area contributed by atoms with E-state index in [9.17, 15) is 4.79 Å². The van der Waals surface area contributed by atoms with Gasteiger partial charge in [0, 0.05) is 13.1 Å². The molecule has 0 spiro atoms. The highest BCUT2D eigenvalue weighted by molar-refractivity contribution is 5.85. The van der Waals surface area contributed by atoms with Gasteiger partial charge in [0.15, 0.2) is 0 Å². The van der Waals surface area contributed by atoms with Gasteiger partial charge < -0.3 is 11.1 Å². The highest BCUT2D eigenvalue weighted by atomic mass is 35.5. The van der Waals surface area contributed by atoms with E-state index in [-0.39, 0.29) is 23.7 Å². The Kier molecular flexibility index (Phi) is 8.12. The van der Waals surface area contributed by atoms with Crippen molar-refractivity contribution in [2.24, 2.45) is 22.5 Å². The summed E-state index contributed by atoms with van der Waals surface area (Å²) in [6.07, 6.45) is 6.71. The molecule has 1 saturated carbocycles. The molecule has 0 radical (unpaired) electrons. The molecular weight excluding hydrogens is 272 g/mol. The summed E-state index contributed by atoms with van der Waals surface area (Å²) in [6.45, 7) is 9.94. The van der Waals surface area contributed by atoms with Crippen molar-refractivity contribution < 1.29 is 4.79 Å². The molecule has 1 rings (SSSR count). The fourth-order valence-corrected chi connectivity index (χ4v) is 3.40. The normalized spacial score (nSPS) is 17.3. The number of hydrogen-bond donors (Lipinski definition) is 2. The third-order valence-corrected chi connectivity index (χ3v) is 5.11. The van der Waals surface area contributed by atoms with E-state index in [1.54, 1.807) is 0 Å². The Labute approximate surface area is 130 Å². The molecule has 0 aromatic heterocycles. The van der Waals surface area contributed by atoms with Crippen molar-refractivity contribution in [2.75, 3.05) is 13.1 Å². The van der Waals surface area contributed by atoms with E-state index in [0.29, 0.717) is 17.9 Å². The molecule has 3 nitrogen and oxygen atoms in total. The van der Waals surface area contributed by atoms with Gasteiger partial charge in [-0.05, 0) is 43.4 Å². The van der Waals surface area contributed by atoms with Crippen LogP contribution in [0.2, 0.25) is 0 Å². The van der Waals surface area contributed by atoms with Crippen LogP contribution >= 0.6 is 12.4 Å². The van der Waals surface area contributed by atoms with Crippen LogP contribution in [0, 0.1) is 16.7 Å². The minimum atomic E-state index is -0.358. The van der Waals surface area contributed by atoms with Crippen molar-refractivity contribution in [2.45, 2.75) is 66.2 Å². The van der Waals surface area contributed by atoms with Crippen molar-refractivity contribution in [3.05, 3.63) is 0 Å². The van der Waals surface area contributed by atoms with Gasteiger partial charge in [0.2, 0.25) is 5.91 Å². The number of nitrogens with two attached hydrogens (primary N) is 1. The molecule has 0 aromatic rings. The number of carbonyl (C=O) groups is 1. The molecular formula is C16H33ClN2O. The smallest absolute Gasteiger partial charge is 0.227 e. The van der Waals surface area contributed by atoms with Crippen LogP contribution in [-0.4, -0.2) is 19.0 Å². The molecule has 3 N–H and O–H groups in total. The summed E-state index contributed by atoms with van der Waals surface area (Å²) in [7, 11) is 0. The summed E-state index contributed by atoms with van der Waals surface area (Å²) >= 11 is 0. The number of hydrogen-bond acceptors (Lipinski definition) is 2. The lowest BCUT2D eigenvalue weighted by molar-refractivity contribution is -0.132. The van der Waals surface area contributed by atoms with E-state index in [1.807, 2.05) is 0 Å². The SMILES string of the molecule is CCC(CC)(CN)C(=O)NCC1(CC(C)C)CCC1.Cl. The van der Waals surface area contributed by atoms with Crippen LogP contribution in [0.1, 0.15) is 66.2 Å². The van der Waals surface area contributed by atoms with E-state index in [1.165, 1.54) is 25.7 Å². The molecule has 1 fully saturated rings. The van der Waals surface area contributed by atoms with Gasteiger partial charge in [-0.25, -0.2) is 0 Å². The van der Waals surface area contributed by atoms with Gasteiger partial charge in [0.05, 0.1) is 5.41 Å². The van der Waals surface area contributed by atoms with E-state index in [2.05, 4.69) is 33.0 Å². The van der Waals surface area contributed by atoms with Gasteiger partial charge in [-0.1, -0.05) is 34.1 Å². The lowest BCUT2D eigenvalue weighted by Crippen LogP contribution is -2.50. The number of amides is 1. The summed E-state index contributed by atoms with van der Waals surface area (Å²) < 4.78 is 0. The number of carbonyl (C=O) groups excluding carboxylic acids is 1. The maximum absolute atomic E-state index is 12.4. The lowest BCUT2D eigenvalue weighted by atomic mass is 9.64. The van der Waals surface area contributed by atoms with Crippen molar-refractivity contribution in [1.82, 2.24) is 5.32 Å². The zero-order valence-electron chi connectivity index (χ0n) is 13.6. The summed E-state index contributed by atoms with van der Waals surface area (Å²) in [4.78, 5) is 12.4. The average Bonchev–Trinajstić information content (AvgIpc) is 2.35. The molecule has 0 saturated heterocycles. The Bertz CT molecular complexity index is 289. The highest BCUT2D eigenvalue weighted by Crippen LogP contribution is 2.45. The van der Waals surface area contributed by atoms with Gasteiger partial charge in [-0.3, -0.25) is 4.79 Å². The number of rotatable bonds is 8. The molecule has 0 aliphatic heterocycles. The second-order valence-electron chi connectivity index (χ2n) is 6.83. The molecule has 0 bridgehead atoms. The van der Waals surface area contributed by atoms with Crippen LogP contribution in [0.15, 0.2) is 0 Å². The first-order chi connectivity index (χ1) is 8.93. The van der Waals surface area contributed by atoms with E-state index >= 15 is 0 Å². The first-order valence-electron chi connectivity index (χ1n) is 7.92. The summed E-state index contributed by atoms with van der Waals surface area (Å²) in [5.74, 6) is 0.865. The molecule has 0 unspecified atom stereocenters. The van der Waals surface area contributed by atoms with Gasteiger partial charge >= 0.3 is 0 Å². The third-order valence-electron chi connectivity index (χ3n) is 5.11. The summed E-state index contributed by atoms with van der Waals surface area (Å²) in [5, 5.41) is 3.21. The number of nitrogens with one attached hydrogen (secondary N) is 1. The molecule has 120 valence electrons. The van der Waals surface area contributed by atoms with Crippen molar-refractivity contribution in [1.29, 1.82) is 0 Å². The zero-order valence-corrected chi connectivity index (χ0v) is 14.4. The Hall–Kier alpha value is -0.280. The molecule has 1 amide bonds. The Morgan fingerprint density at radius 3 is 2.15 bits per heavy atom. The van der Waals surface area contributed by atoms with Gasteiger partial charge in [-0.2, -0.15) is 0 Å². The quantitative estimate of drug-likeness (QED) is 0.721. The Morgan fingerprint density at radius 1 is 1.30 bits per heavy atom. The van der Waals surface area contributed by atoms with Crippen LogP contribution in [0.4, 0.5) is 0 Å². The minimum absolute atomic E-state index is 0.